The maximum Gasteiger partial charge on any atom is 0.255 e. The van der Waals surface area contributed by atoms with Gasteiger partial charge in [0.25, 0.3) is 5.91 Å². The van der Waals surface area contributed by atoms with Crippen LogP contribution >= 0.6 is 23.1 Å². The molecule has 6 heteroatoms. The van der Waals surface area contributed by atoms with Crippen LogP contribution in [0.4, 0.5) is 0 Å². The summed E-state index contributed by atoms with van der Waals surface area (Å²) in [6.07, 6.45) is 2.09. The first-order valence-corrected chi connectivity index (χ1v) is 9.79. The highest BCUT2D eigenvalue weighted by molar-refractivity contribution is 7.98. The van der Waals surface area contributed by atoms with E-state index in [0.29, 0.717) is 11.6 Å². The van der Waals surface area contributed by atoms with Crippen LogP contribution in [0.1, 0.15) is 28.1 Å². The predicted octanol–water partition coefficient (Wildman–Crippen LogP) is 3.39. The number of amides is 2. The molecule has 1 aromatic heterocycles. The van der Waals surface area contributed by atoms with Gasteiger partial charge in [-0.05, 0) is 36.4 Å². The van der Waals surface area contributed by atoms with Crippen LogP contribution < -0.4 is 5.32 Å². The van der Waals surface area contributed by atoms with Gasteiger partial charge in [-0.2, -0.15) is 0 Å². The van der Waals surface area contributed by atoms with E-state index in [0.717, 1.165) is 23.5 Å². The number of hydrogen-bond acceptors (Lipinski definition) is 4. The zero-order valence-corrected chi connectivity index (χ0v) is 15.2. The van der Waals surface area contributed by atoms with E-state index < -0.39 is 0 Å². The summed E-state index contributed by atoms with van der Waals surface area (Å²) in [7, 11) is 1.68. The van der Waals surface area contributed by atoms with E-state index in [2.05, 4.69) is 16.8 Å². The lowest BCUT2D eigenvalue weighted by Gasteiger charge is -2.18. The fourth-order valence-electron chi connectivity index (χ4n) is 2.31. The Morgan fingerprint density at radius 1 is 1.25 bits per heavy atom. The molecule has 0 aliphatic heterocycles. The Bertz CT molecular complexity index is 712. The quantitative estimate of drug-likeness (QED) is 0.770. The lowest BCUT2D eigenvalue weighted by molar-refractivity contribution is -0.121. The number of carbonyl (C=O) groups excluding carboxylic acids is 2. The number of carbonyl (C=O) groups is 2. The number of benzene rings is 1. The molecule has 0 radical (unpaired) electrons. The summed E-state index contributed by atoms with van der Waals surface area (Å²) >= 11 is 3.37. The van der Waals surface area contributed by atoms with Crippen LogP contribution in [0.5, 0.6) is 0 Å². The molecule has 0 unspecified atom stereocenters. The Morgan fingerprint density at radius 3 is 2.75 bits per heavy atom. The Hall–Kier alpha value is -1.79. The first kappa shape index (κ1) is 17.0. The molecule has 126 valence electrons. The Labute approximate surface area is 150 Å². The number of likely N-dealkylation sites (N-methyl/N-ethyl adjacent to an activating group) is 1. The van der Waals surface area contributed by atoms with Gasteiger partial charge in [0.1, 0.15) is 0 Å². The average Bonchev–Trinajstić information content (AvgIpc) is 3.23. The first-order chi connectivity index (χ1) is 11.6. The van der Waals surface area contributed by atoms with Crippen molar-refractivity contribution in [1.82, 2.24) is 10.2 Å². The molecule has 0 saturated heterocycles. The molecule has 1 aliphatic rings. The Morgan fingerprint density at radius 2 is 2.04 bits per heavy atom. The molecule has 1 saturated carbocycles. The smallest absolute Gasteiger partial charge is 0.255 e. The highest BCUT2D eigenvalue weighted by Crippen LogP contribution is 2.28. The molecule has 1 aromatic carbocycles. The maximum atomic E-state index is 12.7. The SMILES string of the molecule is CN(CC(=O)NC1CC1)C(=O)c1ccccc1SCc1cccs1. The van der Waals surface area contributed by atoms with Gasteiger partial charge in [0, 0.05) is 28.6 Å². The summed E-state index contributed by atoms with van der Waals surface area (Å²) in [6.45, 7) is 0.0965. The minimum atomic E-state index is -0.116. The summed E-state index contributed by atoms with van der Waals surface area (Å²) in [6, 6.07) is 12.0. The van der Waals surface area contributed by atoms with Gasteiger partial charge in [0.05, 0.1) is 12.1 Å². The number of nitrogens with one attached hydrogen (secondary N) is 1. The number of hydrogen-bond donors (Lipinski definition) is 1. The van der Waals surface area contributed by atoms with Crippen molar-refractivity contribution in [3.8, 4) is 0 Å². The third-order valence-corrected chi connectivity index (χ3v) is 5.92. The molecule has 1 heterocycles. The summed E-state index contributed by atoms with van der Waals surface area (Å²) in [5.74, 6) is 0.640. The summed E-state index contributed by atoms with van der Waals surface area (Å²) in [4.78, 5) is 28.3. The van der Waals surface area contributed by atoms with Crippen molar-refractivity contribution in [2.75, 3.05) is 13.6 Å². The van der Waals surface area contributed by atoms with Crippen LogP contribution in [0.25, 0.3) is 0 Å². The zero-order valence-electron chi connectivity index (χ0n) is 13.5. The normalized spacial score (nSPS) is 13.5. The van der Waals surface area contributed by atoms with E-state index >= 15 is 0 Å². The van der Waals surface area contributed by atoms with E-state index in [1.165, 1.54) is 9.78 Å². The van der Waals surface area contributed by atoms with Crippen molar-refractivity contribution in [2.45, 2.75) is 29.5 Å². The number of nitrogens with zero attached hydrogens (tertiary/aromatic N) is 1. The lowest BCUT2D eigenvalue weighted by Crippen LogP contribution is -2.39. The number of thioether (sulfide) groups is 1. The summed E-state index contributed by atoms with van der Waals surface area (Å²) in [5, 5.41) is 4.97. The van der Waals surface area contributed by atoms with Gasteiger partial charge >= 0.3 is 0 Å². The standard InChI is InChI=1S/C18H20N2O2S2/c1-20(11-17(21)19-13-8-9-13)18(22)15-6-2-3-7-16(15)24-12-14-5-4-10-23-14/h2-7,10,13H,8-9,11-12H2,1H3,(H,19,21). The van der Waals surface area contributed by atoms with Crippen molar-refractivity contribution in [3.63, 3.8) is 0 Å². The molecule has 4 nitrogen and oxygen atoms in total. The van der Waals surface area contributed by atoms with Crippen molar-refractivity contribution in [2.24, 2.45) is 0 Å². The van der Waals surface area contributed by atoms with Crippen LogP contribution in [0.3, 0.4) is 0 Å². The lowest BCUT2D eigenvalue weighted by atomic mass is 10.2. The highest BCUT2D eigenvalue weighted by Gasteiger charge is 2.25. The molecule has 0 bridgehead atoms. The monoisotopic (exact) mass is 360 g/mol. The van der Waals surface area contributed by atoms with Crippen LogP contribution in [0.2, 0.25) is 0 Å². The zero-order chi connectivity index (χ0) is 16.9. The van der Waals surface area contributed by atoms with Gasteiger partial charge in [-0.1, -0.05) is 18.2 Å². The fraction of sp³-hybridized carbons (Fsp3) is 0.333. The van der Waals surface area contributed by atoms with Gasteiger partial charge in [0.15, 0.2) is 0 Å². The van der Waals surface area contributed by atoms with Gasteiger partial charge in [-0.3, -0.25) is 9.59 Å². The number of rotatable bonds is 7. The third-order valence-electron chi connectivity index (χ3n) is 3.74. The maximum absolute atomic E-state index is 12.7. The van der Waals surface area contributed by atoms with E-state index in [9.17, 15) is 9.59 Å². The van der Waals surface area contributed by atoms with E-state index in [-0.39, 0.29) is 18.4 Å². The molecule has 2 aromatic rings. The van der Waals surface area contributed by atoms with Crippen molar-refractivity contribution >= 4 is 34.9 Å². The minimum Gasteiger partial charge on any atom is -0.352 e. The van der Waals surface area contributed by atoms with Crippen LogP contribution in [-0.4, -0.2) is 36.3 Å². The van der Waals surface area contributed by atoms with Crippen LogP contribution in [0.15, 0.2) is 46.7 Å². The summed E-state index contributed by atoms with van der Waals surface area (Å²) < 4.78 is 0. The minimum absolute atomic E-state index is 0.0860. The van der Waals surface area contributed by atoms with Crippen molar-refractivity contribution in [3.05, 3.63) is 52.2 Å². The molecule has 2 amide bonds. The first-order valence-electron chi connectivity index (χ1n) is 7.92. The van der Waals surface area contributed by atoms with Gasteiger partial charge in [0.2, 0.25) is 5.91 Å². The van der Waals surface area contributed by atoms with Crippen LogP contribution in [0, 0.1) is 0 Å². The molecular formula is C18H20N2O2S2. The molecule has 0 spiro atoms. The summed E-state index contributed by atoms with van der Waals surface area (Å²) in [5.41, 5.74) is 0.653. The van der Waals surface area contributed by atoms with Crippen molar-refractivity contribution in [1.29, 1.82) is 0 Å². The van der Waals surface area contributed by atoms with Crippen LogP contribution in [-0.2, 0) is 10.5 Å². The van der Waals surface area contributed by atoms with Gasteiger partial charge in [-0.15, -0.1) is 23.1 Å². The topological polar surface area (TPSA) is 49.4 Å². The second-order valence-electron chi connectivity index (χ2n) is 5.87. The Balaban J connectivity index is 1.63. The fourth-order valence-corrected chi connectivity index (χ4v) is 4.12. The Kier molecular flexibility index (Phi) is 5.58. The van der Waals surface area contributed by atoms with E-state index in [1.807, 2.05) is 30.3 Å². The predicted molar refractivity (Wildman–Crippen MR) is 98.4 cm³/mol. The van der Waals surface area contributed by atoms with Gasteiger partial charge < -0.3 is 10.2 Å². The molecule has 3 rings (SSSR count). The largest absolute Gasteiger partial charge is 0.352 e. The molecular weight excluding hydrogens is 340 g/mol. The second kappa shape index (κ2) is 7.85. The molecule has 1 aliphatic carbocycles. The molecule has 24 heavy (non-hydrogen) atoms. The average molecular weight is 361 g/mol. The van der Waals surface area contributed by atoms with Crippen molar-refractivity contribution < 1.29 is 9.59 Å². The third kappa shape index (κ3) is 4.61. The van der Waals surface area contributed by atoms with E-state index in [1.54, 1.807) is 30.1 Å². The molecule has 1 N–H and O–H groups in total. The molecule has 0 atom stereocenters. The molecule has 1 fully saturated rings. The highest BCUT2D eigenvalue weighted by atomic mass is 32.2. The van der Waals surface area contributed by atoms with E-state index in [4.69, 9.17) is 0 Å². The second-order valence-corrected chi connectivity index (χ2v) is 7.92. The number of thiophene rings is 1. The van der Waals surface area contributed by atoms with Gasteiger partial charge in [-0.25, -0.2) is 0 Å².